The van der Waals surface area contributed by atoms with Crippen molar-refractivity contribution in [3.8, 4) is 5.69 Å². The van der Waals surface area contributed by atoms with Crippen LogP contribution in [0.5, 0.6) is 0 Å². The zero-order valence-corrected chi connectivity index (χ0v) is 21.5. The molecule has 1 heterocycles. The second-order valence-electron chi connectivity index (χ2n) is 8.57. The first-order chi connectivity index (χ1) is 17.7. The van der Waals surface area contributed by atoms with Crippen molar-refractivity contribution in [2.24, 2.45) is 5.10 Å². The molecule has 1 aromatic heterocycles. The summed E-state index contributed by atoms with van der Waals surface area (Å²) in [4.78, 5) is 12.7. The first-order valence-electron chi connectivity index (χ1n) is 11.6. The number of sulfonamides is 1. The first kappa shape index (κ1) is 25.8. The Bertz CT molecular complexity index is 1560. The van der Waals surface area contributed by atoms with Gasteiger partial charge in [0.1, 0.15) is 12.4 Å². The average molecular weight is 519 g/mol. The number of hydrazone groups is 1. The quantitative estimate of drug-likeness (QED) is 0.266. The van der Waals surface area contributed by atoms with Gasteiger partial charge in [0.2, 0.25) is 0 Å². The predicted octanol–water partition coefficient (Wildman–Crippen LogP) is 4.89. The minimum Gasteiger partial charge on any atom is -0.318 e. The zero-order valence-electron chi connectivity index (χ0n) is 20.7. The third kappa shape index (κ3) is 5.62. The molecule has 0 unspecified atom stereocenters. The number of halogens is 1. The molecule has 0 aliphatic rings. The summed E-state index contributed by atoms with van der Waals surface area (Å²) in [6.45, 7) is 5.30. The summed E-state index contributed by atoms with van der Waals surface area (Å²) in [6, 6.07) is 23.0. The lowest BCUT2D eigenvalue weighted by Crippen LogP contribution is -2.40. The molecule has 9 heteroatoms. The van der Waals surface area contributed by atoms with Crippen LogP contribution in [-0.2, 0) is 14.8 Å². The average Bonchev–Trinajstić information content (AvgIpc) is 3.16. The number of anilines is 1. The predicted molar refractivity (Wildman–Crippen MR) is 143 cm³/mol. The minimum atomic E-state index is -4.21. The molecule has 1 amide bonds. The molecule has 1 N–H and O–H groups in total. The van der Waals surface area contributed by atoms with Gasteiger partial charge in [0, 0.05) is 22.6 Å². The van der Waals surface area contributed by atoms with Crippen LogP contribution in [0.25, 0.3) is 5.69 Å². The molecule has 0 radical (unpaired) electrons. The number of rotatable bonds is 8. The van der Waals surface area contributed by atoms with Crippen molar-refractivity contribution in [3.63, 3.8) is 0 Å². The monoisotopic (exact) mass is 518 g/mol. The SMILES string of the molecule is Cc1cccc(-n2c(C)cc(/C=N\NC(=O)CN(c3ccccc3F)S(=O)(=O)c3ccccc3)c2C)c1. The summed E-state index contributed by atoms with van der Waals surface area (Å²) < 4.78 is 44.0. The smallest absolute Gasteiger partial charge is 0.264 e. The van der Waals surface area contributed by atoms with Gasteiger partial charge in [0.05, 0.1) is 16.8 Å². The third-order valence-corrected chi connectivity index (χ3v) is 7.64. The van der Waals surface area contributed by atoms with E-state index in [4.69, 9.17) is 0 Å². The van der Waals surface area contributed by atoms with Crippen LogP contribution in [0.15, 0.2) is 94.9 Å². The number of aryl methyl sites for hydroxylation is 2. The van der Waals surface area contributed by atoms with Gasteiger partial charge >= 0.3 is 0 Å². The highest BCUT2D eigenvalue weighted by Crippen LogP contribution is 2.26. The molecule has 0 saturated carbocycles. The van der Waals surface area contributed by atoms with E-state index in [-0.39, 0.29) is 10.6 Å². The number of nitrogens with zero attached hydrogens (tertiary/aromatic N) is 3. The fourth-order valence-corrected chi connectivity index (χ4v) is 5.55. The van der Waals surface area contributed by atoms with Crippen molar-refractivity contribution < 1.29 is 17.6 Å². The van der Waals surface area contributed by atoms with Crippen LogP contribution >= 0.6 is 0 Å². The second kappa shape index (κ2) is 10.8. The molecule has 0 fully saturated rings. The Hall–Kier alpha value is -4.24. The summed E-state index contributed by atoms with van der Waals surface area (Å²) in [5.74, 6) is -1.48. The number of benzene rings is 3. The highest BCUT2D eigenvalue weighted by atomic mass is 32.2. The number of nitrogens with one attached hydrogen (secondary N) is 1. The zero-order chi connectivity index (χ0) is 26.6. The maximum absolute atomic E-state index is 14.6. The number of hydrogen-bond acceptors (Lipinski definition) is 4. The second-order valence-corrected chi connectivity index (χ2v) is 10.4. The van der Waals surface area contributed by atoms with E-state index in [1.807, 2.05) is 45.0 Å². The number of hydrogen-bond donors (Lipinski definition) is 1. The van der Waals surface area contributed by atoms with E-state index in [1.54, 1.807) is 18.2 Å². The number of carbonyl (C=O) groups is 1. The van der Waals surface area contributed by atoms with E-state index >= 15 is 0 Å². The van der Waals surface area contributed by atoms with Gasteiger partial charge in [0.15, 0.2) is 0 Å². The first-order valence-corrected chi connectivity index (χ1v) is 13.0. The molecule has 3 aromatic carbocycles. The molecule has 0 aliphatic heterocycles. The van der Waals surface area contributed by atoms with Crippen molar-refractivity contribution in [2.45, 2.75) is 25.7 Å². The Balaban J connectivity index is 1.56. The lowest BCUT2D eigenvalue weighted by Gasteiger charge is -2.24. The molecule has 0 spiro atoms. The summed E-state index contributed by atoms with van der Waals surface area (Å²) in [5, 5.41) is 4.04. The molecule has 190 valence electrons. The van der Waals surface area contributed by atoms with Crippen molar-refractivity contribution >= 4 is 27.8 Å². The van der Waals surface area contributed by atoms with Crippen LogP contribution < -0.4 is 9.73 Å². The topological polar surface area (TPSA) is 83.8 Å². The fourth-order valence-electron chi connectivity index (χ4n) is 4.10. The summed E-state index contributed by atoms with van der Waals surface area (Å²) in [5.41, 5.74) is 7.02. The van der Waals surface area contributed by atoms with Gasteiger partial charge in [-0.05, 0) is 68.8 Å². The number of carbonyl (C=O) groups excluding carboxylic acids is 1. The van der Waals surface area contributed by atoms with Crippen LogP contribution in [0, 0.1) is 26.6 Å². The van der Waals surface area contributed by atoms with Gasteiger partial charge in [-0.1, -0.05) is 42.5 Å². The molecule has 0 saturated heterocycles. The number of para-hydroxylation sites is 1. The van der Waals surface area contributed by atoms with Gasteiger partial charge in [-0.2, -0.15) is 5.10 Å². The molecule has 0 aliphatic carbocycles. The fraction of sp³-hybridized carbons (Fsp3) is 0.143. The highest BCUT2D eigenvalue weighted by molar-refractivity contribution is 7.92. The Labute approximate surface area is 215 Å². The summed E-state index contributed by atoms with van der Waals surface area (Å²) >= 11 is 0. The lowest BCUT2D eigenvalue weighted by molar-refractivity contribution is -0.119. The molecule has 0 atom stereocenters. The number of aromatic nitrogens is 1. The largest absolute Gasteiger partial charge is 0.318 e. The normalized spacial score (nSPS) is 11.6. The molecule has 4 aromatic rings. The Morgan fingerprint density at radius 2 is 1.68 bits per heavy atom. The lowest BCUT2D eigenvalue weighted by atomic mass is 10.2. The van der Waals surface area contributed by atoms with Gasteiger partial charge < -0.3 is 4.57 Å². The van der Waals surface area contributed by atoms with Crippen molar-refractivity contribution in [1.82, 2.24) is 9.99 Å². The van der Waals surface area contributed by atoms with Crippen LogP contribution in [0.3, 0.4) is 0 Å². The van der Waals surface area contributed by atoms with E-state index in [9.17, 15) is 17.6 Å². The Morgan fingerprint density at radius 1 is 0.973 bits per heavy atom. The molecular weight excluding hydrogens is 491 g/mol. The number of amides is 1. The summed E-state index contributed by atoms with van der Waals surface area (Å²) in [7, 11) is -4.21. The minimum absolute atomic E-state index is 0.0573. The van der Waals surface area contributed by atoms with Gasteiger partial charge in [0.25, 0.3) is 15.9 Å². The van der Waals surface area contributed by atoms with Gasteiger partial charge in [-0.25, -0.2) is 18.2 Å². The maximum Gasteiger partial charge on any atom is 0.264 e. The molecule has 0 bridgehead atoms. The van der Waals surface area contributed by atoms with E-state index < -0.39 is 28.3 Å². The molecule has 37 heavy (non-hydrogen) atoms. The van der Waals surface area contributed by atoms with E-state index in [0.29, 0.717) is 0 Å². The van der Waals surface area contributed by atoms with Crippen molar-refractivity contribution in [1.29, 1.82) is 0 Å². The van der Waals surface area contributed by atoms with E-state index in [2.05, 4.69) is 21.2 Å². The van der Waals surface area contributed by atoms with Gasteiger partial charge in [-0.3, -0.25) is 9.10 Å². The van der Waals surface area contributed by atoms with Crippen LogP contribution in [-0.4, -0.2) is 31.7 Å². The van der Waals surface area contributed by atoms with E-state index in [0.717, 1.165) is 38.6 Å². The summed E-state index contributed by atoms with van der Waals surface area (Å²) in [6.07, 6.45) is 1.51. The van der Waals surface area contributed by atoms with Crippen LogP contribution in [0.2, 0.25) is 0 Å². The highest BCUT2D eigenvalue weighted by Gasteiger charge is 2.29. The Kier molecular flexibility index (Phi) is 7.54. The van der Waals surface area contributed by atoms with Crippen LogP contribution in [0.1, 0.15) is 22.5 Å². The molecule has 4 rings (SSSR count). The van der Waals surface area contributed by atoms with Crippen molar-refractivity contribution in [2.75, 3.05) is 10.8 Å². The van der Waals surface area contributed by atoms with Crippen LogP contribution in [0.4, 0.5) is 10.1 Å². The van der Waals surface area contributed by atoms with Gasteiger partial charge in [-0.15, -0.1) is 0 Å². The van der Waals surface area contributed by atoms with E-state index in [1.165, 1.54) is 36.5 Å². The standard InChI is InChI=1S/C28H27FN4O3S/c1-20-10-9-11-24(16-20)33-21(2)17-23(22(33)3)18-30-31-28(34)19-32(27-15-8-7-14-26(27)29)37(35,36)25-12-5-4-6-13-25/h4-18H,19H2,1-3H3,(H,31,34)/b30-18-. The molecule has 7 nitrogen and oxygen atoms in total. The Morgan fingerprint density at radius 3 is 2.38 bits per heavy atom. The molecular formula is C28H27FN4O3S. The maximum atomic E-state index is 14.6. The van der Waals surface area contributed by atoms with Crippen molar-refractivity contribution in [3.05, 3.63) is 113 Å². The third-order valence-electron chi connectivity index (χ3n) is 5.86.